The molecular formula is C24H26N4O3. The van der Waals surface area contributed by atoms with Crippen LogP contribution in [0.5, 0.6) is 17.4 Å². The van der Waals surface area contributed by atoms with Gasteiger partial charge in [-0.3, -0.25) is 4.79 Å². The maximum atomic E-state index is 12.9. The number of carbonyl (C=O) groups excluding carboxylic acids is 1. The second-order valence-electron chi connectivity index (χ2n) is 7.54. The van der Waals surface area contributed by atoms with Crippen LogP contribution in [-0.2, 0) is 0 Å². The van der Waals surface area contributed by atoms with E-state index in [1.165, 1.54) is 5.56 Å². The molecule has 31 heavy (non-hydrogen) atoms. The number of piperazine rings is 1. The molecule has 7 heteroatoms. The lowest BCUT2D eigenvalue weighted by Crippen LogP contribution is -2.49. The molecule has 3 aromatic rings. The molecule has 0 saturated carbocycles. The predicted octanol–water partition coefficient (Wildman–Crippen LogP) is 3.86. The van der Waals surface area contributed by atoms with Crippen molar-refractivity contribution in [3.63, 3.8) is 0 Å². The SMILES string of the molecule is COc1cccc(C(=O)N2CCN(c3cc(Oc4ccc(C)cc4)nc(C)n3)CC2)c1. The molecule has 0 atom stereocenters. The number of hydrogen-bond acceptors (Lipinski definition) is 6. The number of rotatable bonds is 5. The van der Waals surface area contributed by atoms with Crippen LogP contribution in [0, 0.1) is 13.8 Å². The summed E-state index contributed by atoms with van der Waals surface area (Å²) in [7, 11) is 1.60. The van der Waals surface area contributed by atoms with E-state index in [-0.39, 0.29) is 5.91 Å². The standard InChI is InChI=1S/C24H26N4O3/c1-17-7-9-20(10-8-17)31-23-16-22(25-18(2)26-23)27-11-13-28(14-12-27)24(29)19-5-4-6-21(15-19)30-3/h4-10,15-16H,11-14H2,1-3H3. The van der Waals surface area contributed by atoms with Gasteiger partial charge in [0.1, 0.15) is 23.1 Å². The first-order chi connectivity index (χ1) is 15.0. The Morgan fingerprint density at radius 1 is 0.903 bits per heavy atom. The fraction of sp³-hybridized carbons (Fsp3) is 0.292. The average molecular weight is 418 g/mol. The summed E-state index contributed by atoms with van der Waals surface area (Å²) >= 11 is 0. The Morgan fingerprint density at radius 2 is 1.65 bits per heavy atom. The molecule has 1 aromatic heterocycles. The van der Waals surface area contributed by atoms with Gasteiger partial charge in [-0.05, 0) is 44.2 Å². The second kappa shape index (κ2) is 9.04. The van der Waals surface area contributed by atoms with Crippen molar-refractivity contribution >= 4 is 11.7 Å². The Balaban J connectivity index is 1.43. The van der Waals surface area contributed by atoms with Gasteiger partial charge < -0.3 is 19.3 Å². The minimum absolute atomic E-state index is 0.0146. The summed E-state index contributed by atoms with van der Waals surface area (Å²) in [6.45, 7) is 6.51. The van der Waals surface area contributed by atoms with E-state index in [1.54, 1.807) is 13.2 Å². The summed E-state index contributed by atoms with van der Waals surface area (Å²) in [4.78, 5) is 25.9. The van der Waals surface area contributed by atoms with Crippen LogP contribution in [0.1, 0.15) is 21.7 Å². The lowest BCUT2D eigenvalue weighted by Gasteiger charge is -2.35. The highest BCUT2D eigenvalue weighted by Crippen LogP contribution is 2.25. The van der Waals surface area contributed by atoms with Gasteiger partial charge in [0.2, 0.25) is 5.88 Å². The third kappa shape index (κ3) is 4.94. The molecule has 2 heterocycles. The largest absolute Gasteiger partial charge is 0.497 e. The fourth-order valence-corrected chi connectivity index (χ4v) is 3.54. The predicted molar refractivity (Wildman–Crippen MR) is 119 cm³/mol. The van der Waals surface area contributed by atoms with E-state index in [9.17, 15) is 4.79 Å². The molecule has 0 radical (unpaired) electrons. The number of anilines is 1. The molecule has 1 amide bonds. The highest BCUT2D eigenvalue weighted by molar-refractivity contribution is 5.94. The number of amides is 1. The Labute approximate surface area is 182 Å². The van der Waals surface area contributed by atoms with Gasteiger partial charge in [-0.2, -0.15) is 4.98 Å². The normalized spacial score (nSPS) is 13.8. The summed E-state index contributed by atoms with van der Waals surface area (Å²) in [5.41, 5.74) is 1.81. The van der Waals surface area contributed by atoms with E-state index in [2.05, 4.69) is 14.9 Å². The number of benzene rings is 2. The molecule has 7 nitrogen and oxygen atoms in total. The summed E-state index contributed by atoms with van der Waals surface area (Å²) in [6.07, 6.45) is 0. The molecule has 0 N–H and O–H groups in total. The minimum Gasteiger partial charge on any atom is -0.497 e. The second-order valence-corrected chi connectivity index (χ2v) is 7.54. The van der Waals surface area contributed by atoms with Crippen LogP contribution in [0.2, 0.25) is 0 Å². The minimum atomic E-state index is 0.0146. The van der Waals surface area contributed by atoms with E-state index in [0.29, 0.717) is 49.2 Å². The van der Waals surface area contributed by atoms with Crippen LogP contribution in [0.15, 0.2) is 54.6 Å². The van der Waals surface area contributed by atoms with Crippen LogP contribution in [0.4, 0.5) is 5.82 Å². The lowest BCUT2D eigenvalue weighted by molar-refractivity contribution is 0.0746. The zero-order valence-electron chi connectivity index (χ0n) is 18.0. The smallest absolute Gasteiger partial charge is 0.254 e. The van der Waals surface area contributed by atoms with E-state index >= 15 is 0 Å². The van der Waals surface area contributed by atoms with E-state index in [1.807, 2.05) is 67.3 Å². The molecule has 160 valence electrons. The molecule has 1 fully saturated rings. The first-order valence-corrected chi connectivity index (χ1v) is 10.3. The molecule has 0 bridgehead atoms. The van der Waals surface area contributed by atoms with Gasteiger partial charge in [0, 0.05) is 37.8 Å². The van der Waals surface area contributed by atoms with Gasteiger partial charge in [-0.1, -0.05) is 23.8 Å². The summed E-state index contributed by atoms with van der Waals surface area (Å²) in [6, 6.07) is 17.0. The molecular weight excluding hydrogens is 392 g/mol. The fourth-order valence-electron chi connectivity index (χ4n) is 3.54. The van der Waals surface area contributed by atoms with E-state index in [0.717, 1.165) is 11.6 Å². The first kappa shape index (κ1) is 20.7. The van der Waals surface area contributed by atoms with Crippen LogP contribution < -0.4 is 14.4 Å². The maximum Gasteiger partial charge on any atom is 0.254 e. The molecule has 0 aliphatic carbocycles. The number of nitrogens with zero attached hydrogens (tertiary/aromatic N) is 4. The number of methoxy groups -OCH3 is 1. The molecule has 1 aliphatic heterocycles. The van der Waals surface area contributed by atoms with E-state index < -0.39 is 0 Å². The van der Waals surface area contributed by atoms with Crippen molar-refractivity contribution in [2.24, 2.45) is 0 Å². The van der Waals surface area contributed by atoms with Crippen LogP contribution >= 0.6 is 0 Å². The van der Waals surface area contributed by atoms with E-state index in [4.69, 9.17) is 9.47 Å². The van der Waals surface area contributed by atoms with Crippen molar-refractivity contribution in [3.8, 4) is 17.4 Å². The highest BCUT2D eigenvalue weighted by atomic mass is 16.5. The van der Waals surface area contributed by atoms with Crippen molar-refractivity contribution < 1.29 is 14.3 Å². The zero-order chi connectivity index (χ0) is 21.8. The summed E-state index contributed by atoms with van der Waals surface area (Å²) in [5, 5.41) is 0. The number of aryl methyl sites for hydroxylation is 2. The lowest BCUT2D eigenvalue weighted by atomic mass is 10.1. The Morgan fingerprint density at radius 3 is 2.35 bits per heavy atom. The topological polar surface area (TPSA) is 67.8 Å². The monoisotopic (exact) mass is 418 g/mol. The van der Waals surface area contributed by atoms with Gasteiger partial charge >= 0.3 is 0 Å². The number of hydrogen-bond donors (Lipinski definition) is 0. The Kier molecular flexibility index (Phi) is 6.02. The first-order valence-electron chi connectivity index (χ1n) is 10.3. The van der Waals surface area contributed by atoms with Gasteiger partial charge in [0.05, 0.1) is 7.11 Å². The van der Waals surface area contributed by atoms with Crippen molar-refractivity contribution in [2.45, 2.75) is 13.8 Å². The van der Waals surface area contributed by atoms with Crippen molar-refractivity contribution in [2.75, 3.05) is 38.2 Å². The highest BCUT2D eigenvalue weighted by Gasteiger charge is 2.24. The third-order valence-electron chi connectivity index (χ3n) is 5.25. The van der Waals surface area contributed by atoms with Gasteiger partial charge in [-0.15, -0.1) is 0 Å². The molecule has 0 spiro atoms. The van der Waals surface area contributed by atoms with Crippen molar-refractivity contribution in [1.29, 1.82) is 0 Å². The van der Waals surface area contributed by atoms with Gasteiger partial charge in [0.15, 0.2) is 0 Å². The zero-order valence-corrected chi connectivity index (χ0v) is 18.0. The number of carbonyl (C=O) groups is 1. The van der Waals surface area contributed by atoms with Crippen LogP contribution in [-0.4, -0.2) is 54.1 Å². The molecule has 1 aliphatic rings. The maximum absolute atomic E-state index is 12.9. The quantitative estimate of drug-likeness (QED) is 0.627. The van der Waals surface area contributed by atoms with Crippen molar-refractivity contribution in [3.05, 3.63) is 71.5 Å². The Bertz CT molecular complexity index is 1060. The van der Waals surface area contributed by atoms with Crippen molar-refractivity contribution in [1.82, 2.24) is 14.9 Å². The summed E-state index contributed by atoms with van der Waals surface area (Å²) < 4.78 is 11.2. The van der Waals surface area contributed by atoms with Gasteiger partial charge in [-0.25, -0.2) is 4.98 Å². The summed E-state index contributed by atoms with van der Waals surface area (Å²) in [5.74, 6) is 3.41. The molecule has 4 rings (SSSR count). The Hall–Kier alpha value is -3.61. The number of aromatic nitrogens is 2. The van der Waals surface area contributed by atoms with Crippen LogP contribution in [0.25, 0.3) is 0 Å². The van der Waals surface area contributed by atoms with Crippen LogP contribution in [0.3, 0.4) is 0 Å². The molecule has 1 saturated heterocycles. The average Bonchev–Trinajstić information content (AvgIpc) is 2.80. The molecule has 2 aromatic carbocycles. The molecule has 0 unspecified atom stereocenters. The van der Waals surface area contributed by atoms with Gasteiger partial charge in [0.25, 0.3) is 5.91 Å². The third-order valence-corrected chi connectivity index (χ3v) is 5.25. The number of ether oxygens (including phenoxy) is 2.